The highest BCUT2D eigenvalue weighted by Crippen LogP contribution is 2.44. The summed E-state index contributed by atoms with van der Waals surface area (Å²) in [6.45, 7) is 16.7. The van der Waals surface area contributed by atoms with E-state index in [1.807, 2.05) is 41.2 Å². The van der Waals surface area contributed by atoms with Crippen molar-refractivity contribution in [1.29, 1.82) is 0 Å². The van der Waals surface area contributed by atoms with Crippen molar-refractivity contribution in [3.05, 3.63) is 0 Å². The molecule has 0 unspecified atom stereocenters. The lowest BCUT2D eigenvalue weighted by Gasteiger charge is -2.34. The third kappa shape index (κ3) is 23.1. The zero-order valence-corrected chi connectivity index (χ0v) is 33.3. The molecule has 0 aromatic heterocycles. The second kappa shape index (κ2) is 30.7. The second-order valence-corrected chi connectivity index (χ2v) is 21.6. The maximum absolute atomic E-state index is 6.44. The van der Waals surface area contributed by atoms with Crippen molar-refractivity contribution in [2.24, 2.45) is 0 Å². The SMILES string of the molecule is CCCCC[SiH2]C(CCCSSSSCCCC(OCCC)(OCCC)[SiH2]CCCCC)(OCCC)OCCC. The minimum absolute atomic E-state index is 0.237. The van der Waals surface area contributed by atoms with Gasteiger partial charge in [0.2, 0.25) is 0 Å². The first-order chi connectivity index (χ1) is 19.6. The van der Waals surface area contributed by atoms with Crippen LogP contribution in [0.1, 0.15) is 131 Å². The molecule has 0 radical (unpaired) electrons. The van der Waals surface area contributed by atoms with Crippen LogP contribution in [-0.4, -0.2) is 67.8 Å². The van der Waals surface area contributed by atoms with E-state index < -0.39 is 19.0 Å². The molecule has 0 amide bonds. The highest BCUT2D eigenvalue weighted by molar-refractivity contribution is 9.26. The Bertz CT molecular complexity index is 464. The van der Waals surface area contributed by atoms with Gasteiger partial charge in [-0.1, -0.05) is 114 Å². The van der Waals surface area contributed by atoms with E-state index in [1.54, 1.807) is 0 Å². The van der Waals surface area contributed by atoms with Crippen LogP contribution < -0.4 is 0 Å². The normalized spacial score (nSPS) is 13.1. The molecule has 242 valence electrons. The Morgan fingerprint density at radius 1 is 0.450 bits per heavy atom. The number of hydrogen-bond acceptors (Lipinski definition) is 8. The summed E-state index contributed by atoms with van der Waals surface area (Å²) in [6, 6.07) is 2.68. The molecule has 0 N–H and O–H groups in total. The molecular weight excluding hydrogens is 609 g/mol. The summed E-state index contributed by atoms with van der Waals surface area (Å²) in [5, 5.41) is 0. The van der Waals surface area contributed by atoms with Crippen molar-refractivity contribution in [3.8, 4) is 0 Å². The number of unbranched alkanes of at least 4 members (excludes halogenated alkanes) is 4. The van der Waals surface area contributed by atoms with Crippen LogP contribution in [0.2, 0.25) is 12.1 Å². The van der Waals surface area contributed by atoms with Gasteiger partial charge in [-0.15, -0.1) is 0 Å². The van der Waals surface area contributed by atoms with Gasteiger partial charge in [-0.2, -0.15) is 0 Å². The highest BCUT2D eigenvalue weighted by atomic mass is 33.7. The topological polar surface area (TPSA) is 36.9 Å². The van der Waals surface area contributed by atoms with E-state index in [0.29, 0.717) is 0 Å². The molecule has 0 saturated heterocycles. The van der Waals surface area contributed by atoms with Crippen LogP contribution in [-0.2, 0) is 18.9 Å². The minimum atomic E-state index is -0.415. The number of rotatable bonds is 33. The fraction of sp³-hybridized carbons (Fsp3) is 1.00. The Morgan fingerprint density at radius 3 is 1.10 bits per heavy atom. The molecule has 4 nitrogen and oxygen atoms in total. The largest absolute Gasteiger partial charge is 0.354 e. The van der Waals surface area contributed by atoms with Gasteiger partial charge in [0.15, 0.2) is 0 Å². The first kappa shape index (κ1) is 41.7. The summed E-state index contributed by atoms with van der Waals surface area (Å²) in [5.41, 5.74) is -0.474. The van der Waals surface area contributed by atoms with E-state index in [-0.39, 0.29) is 10.8 Å². The van der Waals surface area contributed by atoms with Gasteiger partial charge in [0.05, 0.1) is 19.0 Å². The average Bonchev–Trinajstić information content (AvgIpc) is 2.97. The van der Waals surface area contributed by atoms with Crippen molar-refractivity contribution >= 4 is 60.3 Å². The smallest absolute Gasteiger partial charge is 0.145 e. The summed E-state index contributed by atoms with van der Waals surface area (Å²) in [7, 11) is 7.04. The van der Waals surface area contributed by atoms with Crippen LogP contribution in [0, 0.1) is 0 Å². The highest BCUT2D eigenvalue weighted by Gasteiger charge is 2.32. The molecule has 0 heterocycles. The van der Waals surface area contributed by atoms with Crippen molar-refractivity contribution in [2.75, 3.05) is 37.9 Å². The molecule has 0 aromatic carbocycles. The third-order valence-electron chi connectivity index (χ3n) is 6.79. The molecule has 0 spiro atoms. The van der Waals surface area contributed by atoms with E-state index in [4.69, 9.17) is 18.9 Å². The van der Waals surface area contributed by atoms with E-state index in [9.17, 15) is 0 Å². The molecule has 0 fully saturated rings. The Morgan fingerprint density at radius 2 is 0.800 bits per heavy atom. The van der Waals surface area contributed by atoms with Gasteiger partial charge < -0.3 is 18.9 Å². The Labute approximate surface area is 270 Å². The summed E-state index contributed by atoms with van der Waals surface area (Å²) in [4.78, 5) is 0. The van der Waals surface area contributed by atoms with Crippen molar-refractivity contribution < 1.29 is 18.9 Å². The fourth-order valence-corrected chi connectivity index (χ4v) is 15.2. The van der Waals surface area contributed by atoms with Gasteiger partial charge in [0.25, 0.3) is 0 Å². The van der Waals surface area contributed by atoms with Crippen LogP contribution >= 0.6 is 41.2 Å². The second-order valence-electron chi connectivity index (χ2n) is 10.8. The quantitative estimate of drug-likeness (QED) is 0.0295. The predicted molar refractivity (Wildman–Crippen MR) is 195 cm³/mol. The van der Waals surface area contributed by atoms with Crippen molar-refractivity contribution in [2.45, 2.75) is 154 Å². The molecule has 0 rings (SSSR count). The molecule has 0 aliphatic carbocycles. The average molecular weight is 675 g/mol. The first-order valence-corrected chi connectivity index (χ1v) is 25.3. The summed E-state index contributed by atoms with van der Waals surface area (Å²) < 4.78 is 25.8. The zero-order valence-electron chi connectivity index (χ0n) is 27.2. The Balaban J connectivity index is 4.44. The van der Waals surface area contributed by atoms with Crippen LogP contribution in [0.5, 0.6) is 0 Å². The monoisotopic (exact) mass is 674 g/mol. The molecule has 0 aromatic rings. The molecule has 0 atom stereocenters. The lowest BCUT2D eigenvalue weighted by molar-refractivity contribution is -0.185. The van der Waals surface area contributed by atoms with E-state index in [2.05, 4.69) is 41.5 Å². The molecule has 40 heavy (non-hydrogen) atoms. The van der Waals surface area contributed by atoms with Gasteiger partial charge >= 0.3 is 0 Å². The maximum atomic E-state index is 6.44. The molecule has 0 saturated carbocycles. The Hall–Kier alpha value is 1.67. The lowest BCUT2D eigenvalue weighted by atomic mass is 10.3. The summed E-state index contributed by atoms with van der Waals surface area (Å²) >= 11 is 0. The maximum Gasteiger partial charge on any atom is 0.145 e. The molecule has 10 heteroatoms. The number of hydrogen-bond donors (Lipinski definition) is 0. The summed E-state index contributed by atoms with van der Waals surface area (Å²) in [5.74, 6) is 2.33. The molecule has 0 aliphatic rings. The van der Waals surface area contributed by atoms with E-state index in [1.165, 1.54) is 63.5 Å². The fourth-order valence-electron chi connectivity index (χ4n) is 4.61. The van der Waals surface area contributed by atoms with Gasteiger partial charge in [-0.3, -0.25) is 0 Å². The number of ether oxygens (including phenoxy) is 4. The van der Waals surface area contributed by atoms with Gasteiger partial charge in [0, 0.05) is 37.9 Å². The predicted octanol–water partition coefficient (Wildman–Crippen LogP) is 9.79. The third-order valence-corrected chi connectivity index (χ3v) is 18.2. The van der Waals surface area contributed by atoms with E-state index >= 15 is 0 Å². The van der Waals surface area contributed by atoms with Gasteiger partial charge in [-0.25, -0.2) is 0 Å². The minimum Gasteiger partial charge on any atom is -0.354 e. The zero-order chi connectivity index (χ0) is 29.6. The van der Waals surface area contributed by atoms with Crippen LogP contribution in [0.4, 0.5) is 0 Å². The summed E-state index contributed by atoms with van der Waals surface area (Å²) in [6.07, 6.45) is 16.7. The van der Waals surface area contributed by atoms with E-state index in [0.717, 1.165) is 76.5 Å². The Kier molecular flexibility index (Phi) is 32.0. The van der Waals surface area contributed by atoms with Gasteiger partial charge in [-0.05, 0) is 71.0 Å². The molecule has 0 bridgehead atoms. The first-order valence-electron chi connectivity index (χ1n) is 16.7. The van der Waals surface area contributed by atoms with Crippen LogP contribution in [0.3, 0.4) is 0 Å². The van der Waals surface area contributed by atoms with Gasteiger partial charge in [0.1, 0.15) is 10.8 Å². The molecular formula is C30H66O4S4Si2. The van der Waals surface area contributed by atoms with Crippen molar-refractivity contribution in [3.63, 3.8) is 0 Å². The van der Waals surface area contributed by atoms with Crippen LogP contribution in [0.25, 0.3) is 0 Å². The van der Waals surface area contributed by atoms with Crippen LogP contribution in [0.15, 0.2) is 0 Å². The molecule has 0 aliphatic heterocycles. The standard InChI is InChI=1S/C30H66O4S4Si2/c1-7-13-15-27-39-29(31-21-9-3,32-22-10-4)19-17-25-35-37-38-36-26-18-20-30(33-23-11-5,34-24-12-6)40-28-16-14-8-2/h7-28,39-40H2,1-6H3. The lowest BCUT2D eigenvalue weighted by Crippen LogP contribution is -2.43. The van der Waals surface area contributed by atoms with Crippen molar-refractivity contribution in [1.82, 2.24) is 0 Å².